The Hall–Kier alpha value is -1.85. The van der Waals surface area contributed by atoms with Crippen molar-refractivity contribution < 1.29 is 14.6 Å². The number of aliphatic hydroxyl groups is 1. The number of aromatic amines is 1. The molecule has 3 N–H and O–H groups in total. The Morgan fingerprint density at radius 2 is 2.23 bits per heavy atom. The summed E-state index contributed by atoms with van der Waals surface area (Å²) in [5.74, 6) is -0.0746. The molecular formula is C17H24N2O3. The number of fused-ring (bicyclic) bond motifs is 1. The number of methoxy groups -OCH3 is 1. The van der Waals surface area contributed by atoms with Crippen LogP contribution in [-0.4, -0.2) is 41.9 Å². The molecule has 1 aromatic carbocycles. The Morgan fingerprint density at radius 1 is 1.45 bits per heavy atom. The van der Waals surface area contributed by atoms with Crippen LogP contribution in [0.15, 0.2) is 24.4 Å². The molecule has 0 aliphatic carbocycles. The maximum Gasteiger partial charge on any atom is 0.225 e. The summed E-state index contributed by atoms with van der Waals surface area (Å²) in [5.41, 5.74) is 2.64. The normalized spacial score (nSPS) is 14.0. The van der Waals surface area contributed by atoms with Crippen LogP contribution in [-0.2, 0) is 16.0 Å². The van der Waals surface area contributed by atoms with Crippen LogP contribution in [0.4, 0.5) is 0 Å². The van der Waals surface area contributed by atoms with Crippen LogP contribution in [0.5, 0.6) is 0 Å². The molecule has 1 amide bonds. The standard InChI is InChI=1S/C17H24N2O3/c1-12-4-5-14-13(10-18-15(14)8-12)9-16(21)19-17(2,6-7-20)11-22-3/h4-5,8,10,18,20H,6-7,9,11H2,1-3H3,(H,19,21). The van der Waals surface area contributed by atoms with Crippen molar-refractivity contribution in [2.24, 2.45) is 0 Å². The summed E-state index contributed by atoms with van der Waals surface area (Å²) >= 11 is 0. The molecule has 1 atom stereocenters. The van der Waals surface area contributed by atoms with Gasteiger partial charge in [-0.1, -0.05) is 12.1 Å². The third-order valence-electron chi connectivity index (χ3n) is 3.84. The summed E-state index contributed by atoms with van der Waals surface area (Å²) in [7, 11) is 1.59. The number of carbonyl (C=O) groups excluding carboxylic acids is 1. The van der Waals surface area contributed by atoms with Gasteiger partial charge in [-0.15, -0.1) is 0 Å². The van der Waals surface area contributed by atoms with Gasteiger partial charge in [0, 0.05) is 30.8 Å². The minimum atomic E-state index is -0.552. The number of hydrogen-bond donors (Lipinski definition) is 3. The van der Waals surface area contributed by atoms with Gasteiger partial charge in [-0.25, -0.2) is 0 Å². The summed E-state index contributed by atoms with van der Waals surface area (Å²) in [6.45, 7) is 4.29. The Kier molecular flexibility index (Phi) is 5.21. The monoisotopic (exact) mass is 304 g/mol. The van der Waals surface area contributed by atoms with E-state index in [2.05, 4.69) is 16.4 Å². The van der Waals surface area contributed by atoms with Crippen molar-refractivity contribution in [3.05, 3.63) is 35.5 Å². The zero-order valence-corrected chi connectivity index (χ0v) is 13.4. The average molecular weight is 304 g/mol. The van der Waals surface area contributed by atoms with Gasteiger partial charge >= 0.3 is 0 Å². The number of aliphatic hydroxyl groups excluding tert-OH is 1. The maximum atomic E-state index is 12.3. The number of hydrogen-bond acceptors (Lipinski definition) is 3. The van der Waals surface area contributed by atoms with E-state index in [0.29, 0.717) is 19.4 Å². The van der Waals surface area contributed by atoms with Crippen molar-refractivity contribution in [2.75, 3.05) is 20.3 Å². The van der Waals surface area contributed by atoms with Crippen LogP contribution in [0.3, 0.4) is 0 Å². The lowest BCUT2D eigenvalue weighted by Gasteiger charge is -2.29. The van der Waals surface area contributed by atoms with Gasteiger partial charge in [0.25, 0.3) is 0 Å². The molecule has 0 aliphatic rings. The van der Waals surface area contributed by atoms with Crippen molar-refractivity contribution in [2.45, 2.75) is 32.2 Å². The van der Waals surface area contributed by atoms with E-state index in [1.807, 2.05) is 32.2 Å². The predicted molar refractivity (Wildman–Crippen MR) is 86.9 cm³/mol. The van der Waals surface area contributed by atoms with E-state index >= 15 is 0 Å². The van der Waals surface area contributed by atoms with Crippen LogP contribution in [0.2, 0.25) is 0 Å². The van der Waals surface area contributed by atoms with Crippen LogP contribution < -0.4 is 5.32 Å². The van der Waals surface area contributed by atoms with Gasteiger partial charge in [0.15, 0.2) is 0 Å². The first kappa shape index (κ1) is 16.5. The van der Waals surface area contributed by atoms with Gasteiger partial charge in [0.2, 0.25) is 5.91 Å². The van der Waals surface area contributed by atoms with Gasteiger partial charge in [-0.05, 0) is 37.5 Å². The number of rotatable bonds is 7. The quantitative estimate of drug-likeness (QED) is 0.731. The molecule has 22 heavy (non-hydrogen) atoms. The first-order valence-electron chi connectivity index (χ1n) is 7.45. The lowest BCUT2D eigenvalue weighted by molar-refractivity contribution is -0.123. The number of ether oxygens (including phenoxy) is 1. The van der Waals surface area contributed by atoms with Gasteiger partial charge < -0.3 is 20.1 Å². The smallest absolute Gasteiger partial charge is 0.225 e. The summed E-state index contributed by atoms with van der Waals surface area (Å²) in [6.07, 6.45) is 2.64. The lowest BCUT2D eigenvalue weighted by atomic mass is 9.98. The van der Waals surface area contributed by atoms with Crippen LogP contribution in [0.1, 0.15) is 24.5 Å². The van der Waals surface area contributed by atoms with Crippen molar-refractivity contribution >= 4 is 16.8 Å². The van der Waals surface area contributed by atoms with E-state index in [4.69, 9.17) is 9.84 Å². The van der Waals surface area contributed by atoms with E-state index < -0.39 is 5.54 Å². The van der Waals surface area contributed by atoms with E-state index in [-0.39, 0.29) is 12.5 Å². The van der Waals surface area contributed by atoms with Crippen LogP contribution in [0, 0.1) is 6.92 Å². The third kappa shape index (κ3) is 3.87. The summed E-state index contributed by atoms with van der Waals surface area (Å²) in [6, 6.07) is 6.14. The maximum absolute atomic E-state index is 12.3. The topological polar surface area (TPSA) is 74.3 Å². The first-order chi connectivity index (χ1) is 10.5. The molecule has 0 spiro atoms. The molecule has 1 unspecified atom stereocenters. The average Bonchev–Trinajstić information content (AvgIpc) is 2.81. The van der Waals surface area contributed by atoms with Crippen molar-refractivity contribution in [3.8, 4) is 0 Å². The Bertz CT molecular complexity index is 642. The van der Waals surface area contributed by atoms with Gasteiger partial charge in [-0.3, -0.25) is 4.79 Å². The molecule has 0 fully saturated rings. The molecular weight excluding hydrogens is 280 g/mol. The molecule has 0 saturated heterocycles. The first-order valence-corrected chi connectivity index (χ1v) is 7.45. The number of amides is 1. The Morgan fingerprint density at radius 3 is 2.91 bits per heavy atom. The summed E-state index contributed by atoms with van der Waals surface area (Å²) in [4.78, 5) is 15.5. The Labute approximate surface area is 130 Å². The fourth-order valence-corrected chi connectivity index (χ4v) is 2.74. The van der Waals surface area contributed by atoms with Crippen molar-refractivity contribution in [1.29, 1.82) is 0 Å². The van der Waals surface area contributed by atoms with Crippen LogP contribution in [0.25, 0.3) is 10.9 Å². The molecule has 5 nitrogen and oxygen atoms in total. The molecule has 0 radical (unpaired) electrons. The number of H-pyrrole nitrogens is 1. The molecule has 2 rings (SSSR count). The van der Waals surface area contributed by atoms with Gasteiger partial charge in [0.1, 0.15) is 0 Å². The predicted octanol–water partition coefficient (Wildman–Crippen LogP) is 1.92. The zero-order chi connectivity index (χ0) is 16.2. The zero-order valence-electron chi connectivity index (χ0n) is 13.4. The van der Waals surface area contributed by atoms with Crippen molar-refractivity contribution in [1.82, 2.24) is 10.3 Å². The highest BCUT2D eigenvalue weighted by Crippen LogP contribution is 2.20. The molecule has 0 aliphatic heterocycles. The number of carbonyl (C=O) groups is 1. The van der Waals surface area contributed by atoms with Gasteiger partial charge in [0.05, 0.1) is 18.6 Å². The molecule has 1 heterocycles. The highest BCUT2D eigenvalue weighted by molar-refractivity contribution is 5.89. The number of nitrogens with one attached hydrogen (secondary N) is 2. The molecule has 0 bridgehead atoms. The van der Waals surface area contributed by atoms with Crippen molar-refractivity contribution in [3.63, 3.8) is 0 Å². The van der Waals surface area contributed by atoms with E-state index in [9.17, 15) is 4.79 Å². The van der Waals surface area contributed by atoms with Crippen LogP contribution >= 0.6 is 0 Å². The minimum Gasteiger partial charge on any atom is -0.396 e. The van der Waals surface area contributed by atoms with E-state index in [1.54, 1.807) is 7.11 Å². The molecule has 120 valence electrons. The highest BCUT2D eigenvalue weighted by Gasteiger charge is 2.26. The number of aryl methyl sites for hydroxylation is 1. The largest absolute Gasteiger partial charge is 0.396 e. The summed E-state index contributed by atoms with van der Waals surface area (Å²) < 4.78 is 5.15. The molecule has 2 aromatic rings. The number of benzene rings is 1. The Balaban J connectivity index is 2.10. The third-order valence-corrected chi connectivity index (χ3v) is 3.84. The second kappa shape index (κ2) is 6.94. The lowest BCUT2D eigenvalue weighted by Crippen LogP contribution is -2.50. The van der Waals surface area contributed by atoms with E-state index in [1.165, 1.54) is 5.56 Å². The molecule has 5 heteroatoms. The SMILES string of the molecule is COCC(C)(CCO)NC(=O)Cc1c[nH]c2cc(C)ccc12. The fourth-order valence-electron chi connectivity index (χ4n) is 2.74. The van der Waals surface area contributed by atoms with Gasteiger partial charge in [-0.2, -0.15) is 0 Å². The second-order valence-corrected chi connectivity index (χ2v) is 6.06. The second-order valence-electron chi connectivity index (χ2n) is 6.06. The number of aromatic nitrogens is 1. The molecule has 0 saturated carbocycles. The fraction of sp³-hybridized carbons (Fsp3) is 0.471. The molecule has 1 aromatic heterocycles. The minimum absolute atomic E-state index is 0.00645. The van der Waals surface area contributed by atoms with E-state index in [0.717, 1.165) is 16.5 Å². The summed E-state index contributed by atoms with van der Waals surface area (Å²) in [5, 5.41) is 13.2. The highest BCUT2D eigenvalue weighted by atomic mass is 16.5.